The summed E-state index contributed by atoms with van der Waals surface area (Å²) in [7, 11) is 0. The number of carbonyl (C=O) groups is 2. The minimum atomic E-state index is -0.468. The number of hydrogen-bond donors (Lipinski definition) is 0. The molecule has 4 heteroatoms. The van der Waals surface area contributed by atoms with Crippen LogP contribution in [0.3, 0.4) is 0 Å². The molecule has 1 aliphatic rings. The largest absolute Gasteiger partial charge is 0.462 e. The Hall–Kier alpha value is -1.32. The quantitative estimate of drug-likeness (QED) is 0.547. The molecule has 4 nitrogen and oxygen atoms in total. The van der Waals surface area contributed by atoms with Crippen LogP contribution >= 0.6 is 0 Å². The number of carbonyl (C=O) groups excluding carboxylic acids is 2. The second-order valence-electron chi connectivity index (χ2n) is 4.80. The number of esters is 2. The minimum absolute atomic E-state index is 0.0562. The van der Waals surface area contributed by atoms with Crippen LogP contribution in [0.5, 0.6) is 0 Å². The lowest BCUT2D eigenvalue weighted by Gasteiger charge is -2.23. The predicted molar refractivity (Wildman–Crippen MR) is 63.4 cm³/mol. The molecule has 0 spiro atoms. The summed E-state index contributed by atoms with van der Waals surface area (Å²) in [6.07, 6.45) is 4.16. The van der Waals surface area contributed by atoms with Crippen molar-refractivity contribution in [3.63, 3.8) is 0 Å². The Morgan fingerprint density at radius 1 is 1.29 bits per heavy atom. The van der Waals surface area contributed by atoms with Gasteiger partial charge in [-0.3, -0.25) is 4.79 Å². The lowest BCUT2D eigenvalue weighted by molar-refractivity contribution is -0.159. The molecule has 1 saturated carbocycles. The highest BCUT2D eigenvalue weighted by atomic mass is 16.6. The van der Waals surface area contributed by atoms with Gasteiger partial charge < -0.3 is 9.47 Å². The Morgan fingerprint density at radius 2 is 1.88 bits per heavy atom. The van der Waals surface area contributed by atoms with Gasteiger partial charge in [-0.05, 0) is 39.5 Å². The van der Waals surface area contributed by atoms with Crippen molar-refractivity contribution in [3.05, 3.63) is 12.2 Å². The van der Waals surface area contributed by atoms with Gasteiger partial charge in [0.1, 0.15) is 12.2 Å². The van der Waals surface area contributed by atoms with Gasteiger partial charge in [-0.25, -0.2) is 4.79 Å². The first-order chi connectivity index (χ1) is 7.93. The molecule has 0 N–H and O–H groups in total. The minimum Gasteiger partial charge on any atom is -0.462 e. The van der Waals surface area contributed by atoms with Crippen LogP contribution in [0.25, 0.3) is 0 Å². The van der Waals surface area contributed by atoms with Crippen molar-refractivity contribution in [2.45, 2.75) is 51.6 Å². The summed E-state index contributed by atoms with van der Waals surface area (Å²) in [5, 5.41) is 0. The van der Waals surface area contributed by atoms with Crippen molar-refractivity contribution in [2.24, 2.45) is 0 Å². The van der Waals surface area contributed by atoms with Gasteiger partial charge in [-0.15, -0.1) is 0 Å². The van der Waals surface area contributed by atoms with Crippen LogP contribution in [0, 0.1) is 0 Å². The van der Waals surface area contributed by atoms with Crippen LogP contribution in [-0.4, -0.2) is 24.1 Å². The molecule has 0 aromatic rings. The zero-order valence-electron chi connectivity index (χ0n) is 10.6. The molecule has 96 valence electrons. The van der Waals surface area contributed by atoms with E-state index in [1.807, 2.05) is 6.92 Å². The molecule has 17 heavy (non-hydrogen) atoms. The second-order valence-corrected chi connectivity index (χ2v) is 4.80. The van der Waals surface area contributed by atoms with E-state index in [-0.39, 0.29) is 24.6 Å². The Balaban J connectivity index is 2.21. The van der Waals surface area contributed by atoms with Crippen molar-refractivity contribution in [1.29, 1.82) is 0 Å². The SMILES string of the molecule is C=C(C)C(=O)OCCC(=O)OC1(C)CCCC1. The van der Waals surface area contributed by atoms with E-state index in [0.29, 0.717) is 5.57 Å². The molecule has 0 unspecified atom stereocenters. The number of rotatable bonds is 5. The van der Waals surface area contributed by atoms with Gasteiger partial charge in [0.25, 0.3) is 0 Å². The molecule has 0 saturated heterocycles. The normalized spacial score (nSPS) is 17.5. The molecule has 1 aliphatic carbocycles. The summed E-state index contributed by atoms with van der Waals surface area (Å²) >= 11 is 0. The highest BCUT2D eigenvalue weighted by Gasteiger charge is 2.32. The average Bonchev–Trinajstić information content (AvgIpc) is 2.64. The fraction of sp³-hybridized carbons (Fsp3) is 0.692. The third-order valence-electron chi connectivity index (χ3n) is 2.91. The molecule has 0 atom stereocenters. The van der Waals surface area contributed by atoms with Crippen LogP contribution < -0.4 is 0 Å². The Morgan fingerprint density at radius 3 is 2.41 bits per heavy atom. The zero-order chi connectivity index (χ0) is 12.9. The fourth-order valence-electron chi connectivity index (χ4n) is 1.90. The second kappa shape index (κ2) is 5.84. The summed E-state index contributed by atoms with van der Waals surface area (Å²) in [4.78, 5) is 22.6. The fourth-order valence-corrected chi connectivity index (χ4v) is 1.90. The van der Waals surface area contributed by atoms with Crippen LogP contribution in [0.1, 0.15) is 46.0 Å². The highest BCUT2D eigenvalue weighted by molar-refractivity contribution is 5.87. The van der Waals surface area contributed by atoms with Crippen LogP contribution in [0.15, 0.2) is 12.2 Å². The van der Waals surface area contributed by atoms with E-state index in [1.54, 1.807) is 6.92 Å². The molecule has 0 heterocycles. The lowest BCUT2D eigenvalue weighted by atomic mass is 10.1. The molecule has 0 amide bonds. The Kier molecular flexibility index (Phi) is 4.73. The molecule has 0 aromatic carbocycles. The Bertz CT molecular complexity index is 313. The summed E-state index contributed by atoms with van der Waals surface area (Å²) in [5.41, 5.74) is 0.0243. The van der Waals surface area contributed by atoms with Gasteiger partial charge in [0.15, 0.2) is 0 Å². The predicted octanol–water partition coefficient (Wildman–Crippen LogP) is 2.37. The van der Waals surface area contributed by atoms with E-state index in [4.69, 9.17) is 9.47 Å². The van der Waals surface area contributed by atoms with Gasteiger partial charge in [0, 0.05) is 5.57 Å². The smallest absolute Gasteiger partial charge is 0.333 e. The van der Waals surface area contributed by atoms with E-state index >= 15 is 0 Å². The zero-order valence-corrected chi connectivity index (χ0v) is 10.6. The van der Waals surface area contributed by atoms with Crippen molar-refractivity contribution in [1.82, 2.24) is 0 Å². The highest BCUT2D eigenvalue weighted by Crippen LogP contribution is 2.32. The maximum Gasteiger partial charge on any atom is 0.333 e. The third kappa shape index (κ3) is 4.59. The van der Waals surface area contributed by atoms with Crippen molar-refractivity contribution in [2.75, 3.05) is 6.61 Å². The first-order valence-corrected chi connectivity index (χ1v) is 5.97. The van der Waals surface area contributed by atoms with E-state index in [0.717, 1.165) is 25.7 Å². The van der Waals surface area contributed by atoms with Crippen LogP contribution in [0.4, 0.5) is 0 Å². The maximum atomic E-state index is 11.5. The number of hydrogen-bond acceptors (Lipinski definition) is 4. The summed E-state index contributed by atoms with van der Waals surface area (Å²) in [6, 6.07) is 0. The molecule has 1 fully saturated rings. The molecule has 0 bridgehead atoms. The molecule has 0 aromatic heterocycles. The summed E-state index contributed by atoms with van der Waals surface area (Å²) in [5.74, 6) is -0.770. The van der Waals surface area contributed by atoms with E-state index in [1.165, 1.54) is 0 Å². The van der Waals surface area contributed by atoms with Gasteiger partial charge >= 0.3 is 11.9 Å². The standard InChI is InChI=1S/C13H20O4/c1-10(2)12(15)16-9-6-11(14)17-13(3)7-4-5-8-13/h1,4-9H2,2-3H3. The van der Waals surface area contributed by atoms with Crippen molar-refractivity contribution in [3.8, 4) is 0 Å². The topological polar surface area (TPSA) is 52.6 Å². The molecule has 0 radical (unpaired) electrons. The van der Waals surface area contributed by atoms with Gasteiger partial charge in [0.2, 0.25) is 0 Å². The Labute approximate surface area is 102 Å². The monoisotopic (exact) mass is 240 g/mol. The first-order valence-electron chi connectivity index (χ1n) is 5.97. The van der Waals surface area contributed by atoms with Gasteiger partial charge in [-0.2, -0.15) is 0 Å². The van der Waals surface area contributed by atoms with E-state index < -0.39 is 5.97 Å². The third-order valence-corrected chi connectivity index (χ3v) is 2.91. The average molecular weight is 240 g/mol. The first kappa shape index (κ1) is 13.7. The van der Waals surface area contributed by atoms with Crippen LogP contribution in [0.2, 0.25) is 0 Å². The van der Waals surface area contributed by atoms with Crippen molar-refractivity contribution >= 4 is 11.9 Å². The number of ether oxygens (including phenoxy) is 2. The van der Waals surface area contributed by atoms with E-state index in [2.05, 4.69) is 6.58 Å². The van der Waals surface area contributed by atoms with Gasteiger partial charge in [0.05, 0.1) is 6.42 Å². The summed E-state index contributed by atoms with van der Waals surface area (Å²) < 4.78 is 10.2. The van der Waals surface area contributed by atoms with Gasteiger partial charge in [-0.1, -0.05) is 6.58 Å². The molecular formula is C13H20O4. The van der Waals surface area contributed by atoms with E-state index in [9.17, 15) is 9.59 Å². The maximum absolute atomic E-state index is 11.5. The lowest BCUT2D eigenvalue weighted by Crippen LogP contribution is -2.28. The van der Waals surface area contributed by atoms with Crippen LogP contribution in [-0.2, 0) is 19.1 Å². The molecule has 1 rings (SSSR count). The molecule has 0 aliphatic heterocycles. The summed E-state index contributed by atoms with van der Waals surface area (Å²) in [6.45, 7) is 7.04. The van der Waals surface area contributed by atoms with Crippen molar-refractivity contribution < 1.29 is 19.1 Å². The molecular weight excluding hydrogens is 220 g/mol.